The van der Waals surface area contributed by atoms with Gasteiger partial charge in [0, 0.05) is 0 Å². The Balaban J connectivity index is 1.37. The van der Waals surface area contributed by atoms with E-state index >= 15 is 0 Å². The summed E-state index contributed by atoms with van der Waals surface area (Å²) in [5, 5.41) is 18.3. The van der Waals surface area contributed by atoms with Gasteiger partial charge in [0.1, 0.15) is 5.76 Å². The molecule has 4 aromatic heterocycles. The Morgan fingerprint density at radius 1 is 1.28 bits per heavy atom. The van der Waals surface area contributed by atoms with Crippen LogP contribution in [0.25, 0.3) is 10.7 Å². The molecule has 4 heterocycles. The number of nitrogens with one attached hydrogen (secondary N) is 1. The van der Waals surface area contributed by atoms with Crippen LogP contribution in [0, 0.1) is 0 Å². The highest BCUT2D eigenvalue weighted by atomic mass is 32.2. The SMILES string of the molecule is CC(Sc1nnc(NCc2ccco2)s1)c1nc(-c2cccs2)no1. The number of furan rings is 1. The summed E-state index contributed by atoms with van der Waals surface area (Å²) in [6.07, 6.45) is 1.65. The molecule has 0 amide bonds. The van der Waals surface area contributed by atoms with Crippen molar-refractivity contribution in [2.24, 2.45) is 0 Å². The monoisotopic (exact) mass is 391 g/mol. The third-order valence-electron chi connectivity index (χ3n) is 3.21. The van der Waals surface area contributed by atoms with E-state index in [4.69, 9.17) is 8.94 Å². The Bertz CT molecular complexity index is 917. The molecule has 0 radical (unpaired) electrons. The molecule has 1 unspecified atom stereocenters. The second-order valence-corrected chi connectivity index (χ2v) is 8.51. The van der Waals surface area contributed by atoms with E-state index in [2.05, 4.69) is 25.7 Å². The zero-order chi connectivity index (χ0) is 17.1. The summed E-state index contributed by atoms with van der Waals surface area (Å²) in [4.78, 5) is 5.46. The normalized spacial score (nSPS) is 12.4. The molecule has 10 heteroatoms. The molecule has 1 N–H and O–H groups in total. The molecule has 0 aliphatic rings. The lowest BCUT2D eigenvalue weighted by molar-refractivity contribution is 0.381. The molecule has 4 aromatic rings. The van der Waals surface area contributed by atoms with Crippen LogP contribution in [0.1, 0.15) is 23.8 Å². The quantitative estimate of drug-likeness (QED) is 0.453. The molecule has 0 aliphatic carbocycles. The highest BCUT2D eigenvalue weighted by Crippen LogP contribution is 2.37. The molecular formula is C15H13N5O2S3. The Morgan fingerprint density at radius 3 is 3.04 bits per heavy atom. The van der Waals surface area contributed by atoms with E-state index in [9.17, 15) is 0 Å². The van der Waals surface area contributed by atoms with Crippen LogP contribution in [0.3, 0.4) is 0 Å². The fourth-order valence-electron chi connectivity index (χ4n) is 2.01. The summed E-state index contributed by atoms with van der Waals surface area (Å²) >= 11 is 4.61. The van der Waals surface area contributed by atoms with Gasteiger partial charge < -0.3 is 14.3 Å². The van der Waals surface area contributed by atoms with Crippen molar-refractivity contribution in [3.05, 3.63) is 47.6 Å². The van der Waals surface area contributed by atoms with E-state index < -0.39 is 0 Å². The average Bonchev–Trinajstić information content (AvgIpc) is 3.40. The summed E-state index contributed by atoms with van der Waals surface area (Å²) in [5.41, 5.74) is 0. The van der Waals surface area contributed by atoms with Crippen molar-refractivity contribution in [3.8, 4) is 10.7 Å². The number of hydrogen-bond acceptors (Lipinski definition) is 10. The molecule has 0 aromatic carbocycles. The first kappa shape index (κ1) is 16.3. The maximum atomic E-state index is 5.38. The lowest BCUT2D eigenvalue weighted by Gasteiger charge is -2.01. The third kappa shape index (κ3) is 3.91. The molecule has 4 rings (SSSR count). The zero-order valence-electron chi connectivity index (χ0n) is 13.1. The Labute approximate surface area is 155 Å². The number of nitrogens with zero attached hydrogens (tertiary/aromatic N) is 4. The maximum Gasteiger partial charge on any atom is 0.240 e. The maximum absolute atomic E-state index is 5.38. The summed E-state index contributed by atoms with van der Waals surface area (Å²) < 4.78 is 11.5. The molecule has 128 valence electrons. The van der Waals surface area contributed by atoms with Crippen LogP contribution in [-0.4, -0.2) is 20.3 Å². The van der Waals surface area contributed by atoms with Crippen LogP contribution in [0.4, 0.5) is 5.13 Å². The van der Waals surface area contributed by atoms with Crippen LogP contribution >= 0.6 is 34.4 Å². The second-order valence-electron chi connectivity index (χ2n) is 5.00. The van der Waals surface area contributed by atoms with E-state index in [-0.39, 0.29) is 5.25 Å². The van der Waals surface area contributed by atoms with Crippen molar-refractivity contribution < 1.29 is 8.94 Å². The Kier molecular flexibility index (Phi) is 4.81. The zero-order valence-corrected chi connectivity index (χ0v) is 15.5. The number of thiophene rings is 1. The summed E-state index contributed by atoms with van der Waals surface area (Å²) in [7, 11) is 0. The molecule has 7 nitrogen and oxygen atoms in total. The van der Waals surface area contributed by atoms with Gasteiger partial charge in [-0.15, -0.1) is 21.5 Å². The van der Waals surface area contributed by atoms with E-state index in [1.807, 2.05) is 36.6 Å². The minimum Gasteiger partial charge on any atom is -0.467 e. The third-order valence-corrected chi connectivity index (χ3v) is 6.13. The van der Waals surface area contributed by atoms with Crippen LogP contribution in [-0.2, 0) is 6.54 Å². The first-order chi connectivity index (χ1) is 12.3. The summed E-state index contributed by atoms with van der Waals surface area (Å²) in [5.74, 6) is 2.05. The van der Waals surface area contributed by atoms with Gasteiger partial charge in [-0.1, -0.05) is 34.3 Å². The second kappa shape index (κ2) is 7.38. The molecule has 0 saturated heterocycles. The number of thioether (sulfide) groups is 1. The number of aromatic nitrogens is 4. The molecular weight excluding hydrogens is 378 g/mol. The highest BCUT2D eigenvalue weighted by Gasteiger charge is 2.19. The first-order valence-corrected chi connectivity index (χ1v) is 9.99. The van der Waals surface area contributed by atoms with Crippen molar-refractivity contribution in [2.75, 3.05) is 5.32 Å². The topological polar surface area (TPSA) is 89.9 Å². The predicted octanol–water partition coefficient (Wildman–Crippen LogP) is 4.71. The standard InChI is InChI=1S/C15H13N5O2S3/c1-9(13-17-12(20-22-13)11-5-3-7-23-11)24-15-19-18-14(25-15)16-8-10-4-2-6-21-10/h2-7,9H,8H2,1H3,(H,16,18). The van der Waals surface area contributed by atoms with Gasteiger partial charge >= 0.3 is 0 Å². The van der Waals surface area contributed by atoms with Gasteiger partial charge in [-0.3, -0.25) is 0 Å². The van der Waals surface area contributed by atoms with E-state index in [0.29, 0.717) is 18.3 Å². The van der Waals surface area contributed by atoms with Gasteiger partial charge in [0.2, 0.25) is 16.8 Å². The molecule has 0 bridgehead atoms. The fourth-order valence-corrected chi connectivity index (χ4v) is 4.58. The minimum absolute atomic E-state index is 0.00733. The van der Waals surface area contributed by atoms with Crippen LogP contribution < -0.4 is 5.32 Å². The lowest BCUT2D eigenvalue weighted by Crippen LogP contribution is -1.96. The Hall–Kier alpha value is -2.17. The minimum atomic E-state index is -0.00733. The number of anilines is 1. The molecule has 0 aliphatic heterocycles. The van der Waals surface area contributed by atoms with Crippen LogP contribution in [0.2, 0.25) is 0 Å². The van der Waals surface area contributed by atoms with Gasteiger partial charge in [-0.05, 0) is 30.5 Å². The lowest BCUT2D eigenvalue weighted by atomic mass is 10.4. The first-order valence-electron chi connectivity index (χ1n) is 7.42. The van der Waals surface area contributed by atoms with Gasteiger partial charge in [0.05, 0.1) is 22.9 Å². The van der Waals surface area contributed by atoms with Gasteiger partial charge in [0.25, 0.3) is 0 Å². The summed E-state index contributed by atoms with van der Waals surface area (Å²) in [6, 6.07) is 7.70. The van der Waals surface area contributed by atoms with Gasteiger partial charge in [0.15, 0.2) is 4.34 Å². The fraction of sp³-hybridized carbons (Fsp3) is 0.200. The molecule has 1 atom stereocenters. The molecule has 25 heavy (non-hydrogen) atoms. The van der Waals surface area contributed by atoms with Crippen molar-refractivity contribution in [2.45, 2.75) is 23.1 Å². The number of hydrogen-bond donors (Lipinski definition) is 1. The van der Waals surface area contributed by atoms with E-state index in [0.717, 1.165) is 20.1 Å². The number of rotatable bonds is 7. The van der Waals surface area contributed by atoms with E-state index in [1.165, 1.54) is 11.3 Å². The largest absolute Gasteiger partial charge is 0.467 e. The molecule has 0 saturated carbocycles. The highest BCUT2D eigenvalue weighted by molar-refractivity contribution is 8.01. The average molecular weight is 392 g/mol. The van der Waals surface area contributed by atoms with Gasteiger partial charge in [-0.25, -0.2) is 0 Å². The van der Waals surface area contributed by atoms with Crippen molar-refractivity contribution in [1.82, 2.24) is 20.3 Å². The van der Waals surface area contributed by atoms with Crippen LogP contribution in [0.15, 0.2) is 49.2 Å². The van der Waals surface area contributed by atoms with Crippen molar-refractivity contribution >= 4 is 39.6 Å². The predicted molar refractivity (Wildman–Crippen MR) is 97.8 cm³/mol. The van der Waals surface area contributed by atoms with Gasteiger partial charge in [-0.2, -0.15) is 4.98 Å². The van der Waals surface area contributed by atoms with Crippen molar-refractivity contribution in [1.29, 1.82) is 0 Å². The molecule has 0 fully saturated rings. The van der Waals surface area contributed by atoms with Crippen LogP contribution in [0.5, 0.6) is 0 Å². The smallest absolute Gasteiger partial charge is 0.240 e. The van der Waals surface area contributed by atoms with E-state index in [1.54, 1.807) is 29.4 Å². The summed E-state index contributed by atoms with van der Waals surface area (Å²) in [6.45, 7) is 2.59. The van der Waals surface area contributed by atoms with Crippen molar-refractivity contribution in [3.63, 3.8) is 0 Å². The Morgan fingerprint density at radius 2 is 2.24 bits per heavy atom. The molecule has 0 spiro atoms.